The number of hydrogen-bond acceptors (Lipinski definition) is 1. The fraction of sp³-hybridized carbons (Fsp3) is 0.333. The highest BCUT2D eigenvalue weighted by atomic mass is 32.4. The summed E-state index contributed by atoms with van der Waals surface area (Å²) in [7, 11) is 3.43. The van der Waals surface area contributed by atoms with Gasteiger partial charge in [0, 0.05) is 4.90 Å². The van der Waals surface area contributed by atoms with Crippen molar-refractivity contribution in [3.05, 3.63) is 28.8 Å². The molecule has 0 heterocycles. The number of hydrogen-bond donors (Lipinski definition) is 0. The second kappa shape index (κ2) is 3.46. The maximum atomic E-state index is 3.43. The van der Waals surface area contributed by atoms with Crippen LogP contribution in [-0.4, -0.2) is 9.39 Å². The van der Waals surface area contributed by atoms with E-state index in [-0.39, 0.29) is 0 Å². The van der Waals surface area contributed by atoms with Crippen molar-refractivity contribution < 1.29 is 0 Å². The first-order valence-corrected chi connectivity index (χ1v) is 5.61. The highest BCUT2D eigenvalue weighted by Crippen LogP contribution is 2.23. The van der Waals surface area contributed by atoms with Gasteiger partial charge in [-0.2, -0.15) is 11.2 Å². The molecule has 57 valence electrons. The number of aryl methyl sites for hydroxylation is 1. The molecule has 0 N–H and O–H groups in total. The molecular formula is C9H11SSi. The lowest BCUT2D eigenvalue weighted by atomic mass is 10.1. The van der Waals surface area contributed by atoms with Crippen molar-refractivity contribution in [2.75, 3.05) is 0 Å². The fourth-order valence-electron chi connectivity index (χ4n) is 1.04. The predicted molar refractivity (Wildman–Crippen MR) is 52.3 cm³/mol. The third kappa shape index (κ3) is 1.68. The average molecular weight is 179 g/mol. The second-order valence-corrected chi connectivity index (χ2v) is 3.99. The minimum Gasteiger partial charge on any atom is -0.158 e. The van der Waals surface area contributed by atoms with E-state index in [0.717, 1.165) is 0 Å². The average Bonchev–Trinajstić information content (AvgIpc) is 2.01. The predicted octanol–water partition coefficient (Wildman–Crippen LogP) is 2.79. The Hall–Kier alpha value is -0.213. The van der Waals surface area contributed by atoms with Crippen LogP contribution in [0.15, 0.2) is 17.0 Å². The molecule has 2 heteroatoms. The van der Waals surface area contributed by atoms with Gasteiger partial charge in [0.05, 0.1) is 0 Å². The molecule has 0 fully saturated rings. The van der Waals surface area contributed by atoms with Gasteiger partial charge >= 0.3 is 0 Å². The summed E-state index contributed by atoms with van der Waals surface area (Å²) in [6.07, 6.45) is 0. The Balaban J connectivity index is 3.25. The largest absolute Gasteiger partial charge is 0.158 e. The third-order valence-electron chi connectivity index (χ3n) is 2.12. The van der Waals surface area contributed by atoms with Crippen LogP contribution in [0.4, 0.5) is 0 Å². The van der Waals surface area contributed by atoms with Crippen molar-refractivity contribution in [3.63, 3.8) is 0 Å². The SMILES string of the molecule is Cc1ccc(S[Si])c(C)c1C. The van der Waals surface area contributed by atoms with Crippen LogP contribution < -0.4 is 0 Å². The van der Waals surface area contributed by atoms with Crippen LogP contribution in [0.25, 0.3) is 0 Å². The summed E-state index contributed by atoms with van der Waals surface area (Å²) >= 11 is 1.62. The van der Waals surface area contributed by atoms with Gasteiger partial charge in [0.1, 0.15) is 9.39 Å². The molecule has 0 bridgehead atoms. The molecule has 0 nitrogen and oxygen atoms in total. The van der Waals surface area contributed by atoms with Crippen LogP contribution in [0.5, 0.6) is 0 Å². The van der Waals surface area contributed by atoms with Gasteiger partial charge in [-0.25, -0.2) is 0 Å². The molecule has 1 aromatic rings. The Bertz CT molecular complexity index is 269. The maximum Gasteiger partial charge on any atom is 0.127 e. The normalized spacial score (nSPS) is 10.2. The smallest absolute Gasteiger partial charge is 0.127 e. The number of rotatable bonds is 1. The minimum absolute atomic E-state index is 1.31. The molecule has 0 aliphatic heterocycles. The van der Waals surface area contributed by atoms with E-state index in [1.807, 2.05) is 0 Å². The Morgan fingerprint density at radius 1 is 1.09 bits per heavy atom. The summed E-state index contributed by atoms with van der Waals surface area (Å²) < 4.78 is 0. The van der Waals surface area contributed by atoms with Crippen LogP contribution in [0.1, 0.15) is 16.7 Å². The molecule has 3 radical (unpaired) electrons. The lowest BCUT2D eigenvalue weighted by molar-refractivity contribution is 1.19. The second-order valence-electron chi connectivity index (χ2n) is 2.73. The summed E-state index contributed by atoms with van der Waals surface area (Å²) in [4.78, 5) is 1.31. The molecule has 0 aliphatic rings. The molecule has 11 heavy (non-hydrogen) atoms. The number of benzene rings is 1. The monoisotopic (exact) mass is 179 g/mol. The standard InChI is InChI=1S/C9H11SSi/c1-6-4-5-9(10-11)8(3)7(6)2/h4-5H,1-3H3. The first-order valence-electron chi connectivity index (χ1n) is 3.57. The molecular weight excluding hydrogens is 168 g/mol. The van der Waals surface area contributed by atoms with Crippen molar-refractivity contribution in [3.8, 4) is 0 Å². The van der Waals surface area contributed by atoms with Crippen molar-refractivity contribution in [1.82, 2.24) is 0 Å². The zero-order valence-corrected chi connectivity index (χ0v) is 8.88. The van der Waals surface area contributed by atoms with E-state index < -0.39 is 0 Å². The van der Waals surface area contributed by atoms with E-state index in [1.54, 1.807) is 11.2 Å². The van der Waals surface area contributed by atoms with E-state index in [0.29, 0.717) is 0 Å². The Kier molecular flexibility index (Phi) is 2.79. The fourth-order valence-corrected chi connectivity index (χ4v) is 2.15. The Morgan fingerprint density at radius 2 is 1.73 bits per heavy atom. The van der Waals surface area contributed by atoms with Gasteiger partial charge in [-0.05, 0) is 43.5 Å². The van der Waals surface area contributed by atoms with Gasteiger partial charge in [-0.1, -0.05) is 6.07 Å². The molecule has 0 saturated heterocycles. The molecule has 0 amide bonds. The maximum absolute atomic E-state index is 3.43. The summed E-state index contributed by atoms with van der Waals surface area (Å²) in [5, 5.41) is 0. The third-order valence-corrected chi connectivity index (χ3v) is 3.44. The minimum atomic E-state index is 1.31. The Labute approximate surface area is 75.5 Å². The zero-order valence-electron chi connectivity index (χ0n) is 7.06. The van der Waals surface area contributed by atoms with E-state index in [9.17, 15) is 0 Å². The molecule has 0 atom stereocenters. The summed E-state index contributed by atoms with van der Waals surface area (Å²) in [5.74, 6) is 0. The molecule has 0 aliphatic carbocycles. The van der Waals surface area contributed by atoms with Gasteiger partial charge in [0.15, 0.2) is 0 Å². The van der Waals surface area contributed by atoms with Gasteiger partial charge in [-0.3, -0.25) is 0 Å². The molecule has 0 saturated carbocycles. The summed E-state index contributed by atoms with van der Waals surface area (Å²) in [5.41, 5.74) is 4.14. The van der Waals surface area contributed by atoms with Gasteiger partial charge in [-0.15, -0.1) is 0 Å². The molecule has 0 unspecified atom stereocenters. The summed E-state index contributed by atoms with van der Waals surface area (Å²) in [6, 6.07) is 4.31. The lowest BCUT2D eigenvalue weighted by Gasteiger charge is -2.08. The first-order chi connectivity index (χ1) is 5.16. The van der Waals surface area contributed by atoms with Crippen molar-refractivity contribution in [2.24, 2.45) is 0 Å². The first kappa shape index (κ1) is 8.88. The van der Waals surface area contributed by atoms with Gasteiger partial charge in [0.2, 0.25) is 0 Å². The van der Waals surface area contributed by atoms with Crippen LogP contribution in [0.3, 0.4) is 0 Å². The zero-order chi connectivity index (χ0) is 8.43. The van der Waals surface area contributed by atoms with Crippen molar-refractivity contribution >= 4 is 20.6 Å². The molecule has 1 rings (SSSR count). The van der Waals surface area contributed by atoms with Crippen molar-refractivity contribution in [1.29, 1.82) is 0 Å². The highest BCUT2D eigenvalue weighted by Gasteiger charge is 2.00. The van der Waals surface area contributed by atoms with E-state index in [4.69, 9.17) is 0 Å². The highest BCUT2D eigenvalue weighted by molar-refractivity contribution is 8.19. The van der Waals surface area contributed by atoms with E-state index >= 15 is 0 Å². The van der Waals surface area contributed by atoms with Crippen LogP contribution in [0.2, 0.25) is 0 Å². The Morgan fingerprint density at radius 3 is 2.27 bits per heavy atom. The van der Waals surface area contributed by atoms with E-state index in [2.05, 4.69) is 42.3 Å². The van der Waals surface area contributed by atoms with E-state index in [1.165, 1.54) is 21.6 Å². The van der Waals surface area contributed by atoms with Crippen molar-refractivity contribution in [2.45, 2.75) is 25.7 Å². The molecule has 1 aromatic carbocycles. The topological polar surface area (TPSA) is 0 Å². The van der Waals surface area contributed by atoms with Gasteiger partial charge in [0.25, 0.3) is 0 Å². The molecule has 0 spiro atoms. The van der Waals surface area contributed by atoms with Gasteiger partial charge < -0.3 is 0 Å². The molecule has 0 aromatic heterocycles. The van der Waals surface area contributed by atoms with Crippen LogP contribution in [-0.2, 0) is 0 Å². The van der Waals surface area contributed by atoms with Crippen LogP contribution >= 0.6 is 11.2 Å². The van der Waals surface area contributed by atoms with Crippen LogP contribution in [0, 0.1) is 20.8 Å². The summed E-state index contributed by atoms with van der Waals surface area (Å²) in [6.45, 7) is 6.46. The lowest BCUT2D eigenvalue weighted by Crippen LogP contribution is -1.88. The quantitative estimate of drug-likeness (QED) is 0.597.